The summed E-state index contributed by atoms with van der Waals surface area (Å²) in [6, 6.07) is 1.88. The van der Waals surface area contributed by atoms with E-state index in [0.29, 0.717) is 0 Å². The molecule has 9 nitrogen and oxygen atoms in total. The molecule has 12 heteroatoms. The van der Waals surface area contributed by atoms with Gasteiger partial charge in [0, 0.05) is 0 Å². The zero-order valence-electron chi connectivity index (χ0n) is 10.3. The van der Waals surface area contributed by atoms with Crippen LogP contribution in [0.25, 0.3) is 0 Å². The zero-order valence-corrected chi connectivity index (χ0v) is 12.7. The number of sulfonamides is 2. The van der Waals surface area contributed by atoms with Gasteiger partial charge in [-0.25, -0.2) is 22.0 Å². The number of nitrogens with two attached hydrogens (primary N) is 1. The molecule has 1 aromatic carbocycles. The number of anilines is 1. The molecule has 116 valence electrons. The summed E-state index contributed by atoms with van der Waals surface area (Å²) in [5.74, 6) is -1.19. The molecule has 1 aromatic rings. The van der Waals surface area contributed by atoms with E-state index < -0.39 is 42.4 Å². The summed E-state index contributed by atoms with van der Waals surface area (Å²) in [4.78, 5) is 11.0. The van der Waals surface area contributed by atoms with Crippen molar-refractivity contribution in [3.05, 3.63) is 17.2 Å². The van der Waals surface area contributed by atoms with Crippen molar-refractivity contribution < 1.29 is 26.7 Å². The minimum atomic E-state index is -4.22. The standard InChI is InChI=1S/C9H10ClN3O6S2/c10-5-1-6-8(2-7(5)20(11,16)17)21(18,19)12-4-13(6)3-9(14)15/h1-2,12H,3-4H2,(H,14,15)(H2,11,16,17). The minimum Gasteiger partial charge on any atom is -0.480 e. The maximum Gasteiger partial charge on any atom is 0.323 e. The molecule has 0 amide bonds. The Labute approximate surface area is 125 Å². The van der Waals surface area contributed by atoms with Crippen molar-refractivity contribution >= 4 is 43.3 Å². The third-order valence-electron chi connectivity index (χ3n) is 2.72. The van der Waals surface area contributed by atoms with Gasteiger partial charge in [-0.3, -0.25) is 4.79 Å². The quantitative estimate of drug-likeness (QED) is 0.638. The molecular formula is C9H10ClN3O6S2. The zero-order chi connectivity index (χ0) is 16.0. The summed E-state index contributed by atoms with van der Waals surface area (Å²) < 4.78 is 48.7. The maximum atomic E-state index is 11.9. The second-order valence-corrected chi connectivity index (χ2v) is 7.87. The molecule has 0 radical (unpaired) electrons. The number of nitrogens with zero attached hydrogens (tertiary/aromatic N) is 1. The van der Waals surface area contributed by atoms with Crippen LogP contribution in [0.5, 0.6) is 0 Å². The van der Waals surface area contributed by atoms with Crippen LogP contribution in [0, 0.1) is 0 Å². The summed E-state index contributed by atoms with van der Waals surface area (Å²) in [5, 5.41) is 13.5. The number of nitrogens with one attached hydrogen (secondary N) is 1. The lowest BCUT2D eigenvalue weighted by Gasteiger charge is -2.30. The monoisotopic (exact) mass is 355 g/mol. The molecule has 1 aliphatic heterocycles. The molecule has 2 rings (SSSR count). The fourth-order valence-electron chi connectivity index (χ4n) is 1.83. The molecule has 0 atom stereocenters. The highest BCUT2D eigenvalue weighted by molar-refractivity contribution is 7.90. The average Bonchev–Trinajstić information content (AvgIpc) is 2.30. The van der Waals surface area contributed by atoms with Gasteiger partial charge in [-0.2, -0.15) is 4.72 Å². The van der Waals surface area contributed by atoms with Crippen LogP contribution in [0.4, 0.5) is 5.69 Å². The van der Waals surface area contributed by atoms with Crippen LogP contribution in [-0.4, -0.2) is 41.1 Å². The van der Waals surface area contributed by atoms with E-state index in [4.69, 9.17) is 21.8 Å². The van der Waals surface area contributed by atoms with Crippen LogP contribution >= 0.6 is 11.6 Å². The fraction of sp³-hybridized carbons (Fsp3) is 0.222. The highest BCUT2D eigenvalue weighted by Crippen LogP contribution is 2.35. The van der Waals surface area contributed by atoms with Gasteiger partial charge in [-0.05, 0) is 12.1 Å². The molecule has 1 heterocycles. The first kappa shape index (κ1) is 16.0. The lowest BCUT2D eigenvalue weighted by molar-refractivity contribution is -0.135. The van der Waals surface area contributed by atoms with E-state index in [1.807, 2.05) is 0 Å². The predicted molar refractivity (Wildman–Crippen MR) is 73.0 cm³/mol. The van der Waals surface area contributed by atoms with Crippen molar-refractivity contribution in [3.8, 4) is 0 Å². The van der Waals surface area contributed by atoms with E-state index in [9.17, 15) is 21.6 Å². The molecule has 0 aliphatic carbocycles. The molecule has 0 fully saturated rings. The average molecular weight is 356 g/mol. The molecule has 4 N–H and O–H groups in total. The first-order valence-electron chi connectivity index (χ1n) is 5.35. The number of benzene rings is 1. The van der Waals surface area contributed by atoms with Gasteiger partial charge in [0.1, 0.15) is 16.3 Å². The van der Waals surface area contributed by atoms with Gasteiger partial charge in [0.15, 0.2) is 0 Å². The van der Waals surface area contributed by atoms with E-state index in [1.165, 1.54) is 4.90 Å². The van der Waals surface area contributed by atoms with Gasteiger partial charge in [-0.15, -0.1) is 0 Å². The molecule has 1 aliphatic rings. The predicted octanol–water partition coefficient (Wildman–Crippen LogP) is -0.872. The van der Waals surface area contributed by atoms with Gasteiger partial charge in [-0.1, -0.05) is 11.6 Å². The van der Waals surface area contributed by atoms with Gasteiger partial charge in [0.25, 0.3) is 0 Å². The molecule has 0 unspecified atom stereocenters. The third-order valence-corrected chi connectivity index (χ3v) is 5.51. The van der Waals surface area contributed by atoms with Crippen LogP contribution in [0.15, 0.2) is 21.9 Å². The number of hydrogen-bond acceptors (Lipinski definition) is 6. The Morgan fingerprint density at radius 1 is 1.48 bits per heavy atom. The summed E-state index contributed by atoms with van der Waals surface area (Å²) in [6.07, 6.45) is 0. The normalized spacial score (nSPS) is 17.3. The first-order chi connectivity index (χ1) is 9.52. The third kappa shape index (κ3) is 3.11. The smallest absolute Gasteiger partial charge is 0.323 e. The number of fused-ring (bicyclic) bond motifs is 1. The summed E-state index contributed by atoms with van der Waals surface area (Å²) >= 11 is 5.79. The number of primary sulfonamides is 1. The molecule has 0 aromatic heterocycles. The van der Waals surface area contributed by atoms with Crippen molar-refractivity contribution in [2.75, 3.05) is 18.1 Å². The van der Waals surface area contributed by atoms with Gasteiger partial charge < -0.3 is 10.0 Å². The van der Waals surface area contributed by atoms with Gasteiger partial charge in [0.2, 0.25) is 20.0 Å². The Morgan fingerprint density at radius 2 is 2.10 bits per heavy atom. The second-order valence-electron chi connectivity index (χ2n) is 4.19. The highest BCUT2D eigenvalue weighted by atomic mass is 35.5. The van der Waals surface area contributed by atoms with E-state index in [2.05, 4.69) is 4.72 Å². The van der Waals surface area contributed by atoms with E-state index in [0.717, 1.165) is 12.1 Å². The number of carbonyl (C=O) groups is 1. The first-order valence-corrected chi connectivity index (χ1v) is 8.76. The van der Waals surface area contributed by atoms with Crippen LogP contribution in [0.1, 0.15) is 0 Å². The summed E-state index contributed by atoms with van der Waals surface area (Å²) in [5.41, 5.74) is -0.00597. The minimum absolute atomic E-state index is 0.00597. The number of rotatable bonds is 3. The maximum absolute atomic E-state index is 11.9. The lowest BCUT2D eigenvalue weighted by atomic mass is 10.3. The number of halogens is 1. The second kappa shape index (κ2) is 5.10. The van der Waals surface area contributed by atoms with E-state index in [1.54, 1.807) is 0 Å². The van der Waals surface area contributed by atoms with Crippen LogP contribution in [0.2, 0.25) is 5.02 Å². The van der Waals surface area contributed by atoms with Gasteiger partial charge >= 0.3 is 5.97 Å². The fourth-order valence-corrected chi connectivity index (χ4v) is 4.22. The molecule has 0 spiro atoms. The molecular weight excluding hydrogens is 346 g/mol. The Morgan fingerprint density at radius 3 is 2.62 bits per heavy atom. The number of carboxylic acid groups (broad SMARTS) is 1. The van der Waals surface area contributed by atoms with Crippen molar-refractivity contribution in [1.29, 1.82) is 0 Å². The van der Waals surface area contributed by atoms with Crippen LogP contribution in [-0.2, 0) is 24.8 Å². The largest absolute Gasteiger partial charge is 0.480 e. The van der Waals surface area contributed by atoms with Crippen LogP contribution in [0.3, 0.4) is 0 Å². The summed E-state index contributed by atoms with van der Waals surface area (Å²) in [6.45, 7) is -0.757. The molecule has 0 saturated heterocycles. The number of carboxylic acids is 1. The SMILES string of the molecule is NS(=O)(=O)c1cc2c(cc1Cl)N(CC(=O)O)CNS2(=O)=O. The lowest BCUT2D eigenvalue weighted by Crippen LogP contribution is -2.45. The van der Waals surface area contributed by atoms with Crippen molar-refractivity contribution in [2.45, 2.75) is 9.79 Å². The van der Waals surface area contributed by atoms with Crippen molar-refractivity contribution in [1.82, 2.24) is 4.72 Å². The topological polar surface area (TPSA) is 147 Å². The van der Waals surface area contributed by atoms with Crippen molar-refractivity contribution in [3.63, 3.8) is 0 Å². The highest BCUT2D eigenvalue weighted by Gasteiger charge is 2.31. The molecule has 21 heavy (non-hydrogen) atoms. The Balaban J connectivity index is 2.71. The Hall–Kier alpha value is -1.40. The molecule has 0 bridgehead atoms. The van der Waals surface area contributed by atoms with Crippen LogP contribution < -0.4 is 14.8 Å². The van der Waals surface area contributed by atoms with Gasteiger partial charge in [0.05, 0.1) is 17.4 Å². The molecule has 0 saturated carbocycles. The van der Waals surface area contributed by atoms with E-state index in [-0.39, 0.29) is 17.4 Å². The summed E-state index contributed by atoms with van der Waals surface area (Å²) in [7, 11) is -8.19. The number of aliphatic carboxylic acids is 1. The van der Waals surface area contributed by atoms with Crippen molar-refractivity contribution in [2.24, 2.45) is 5.14 Å². The van der Waals surface area contributed by atoms with E-state index >= 15 is 0 Å². The Kier molecular flexibility index (Phi) is 3.88. The number of hydrogen-bond donors (Lipinski definition) is 3. The Bertz CT molecular complexity index is 820.